The van der Waals surface area contributed by atoms with Gasteiger partial charge in [-0.25, -0.2) is 0 Å². The average Bonchev–Trinajstić information content (AvgIpc) is 2.66. The third-order valence-corrected chi connectivity index (χ3v) is 5.32. The Morgan fingerprint density at radius 3 is 2.94 bits per heavy atom. The number of hydrogen-bond acceptors (Lipinski definition) is 6. The summed E-state index contributed by atoms with van der Waals surface area (Å²) < 4.78 is 0.421. The van der Waals surface area contributed by atoms with Gasteiger partial charge in [0.25, 0.3) is 0 Å². The van der Waals surface area contributed by atoms with Gasteiger partial charge in [-0.1, -0.05) is 25.2 Å². The van der Waals surface area contributed by atoms with Gasteiger partial charge in [-0.05, 0) is 19.9 Å². The lowest BCUT2D eigenvalue weighted by atomic mass is 10.1. The van der Waals surface area contributed by atoms with Gasteiger partial charge in [0.2, 0.25) is 5.13 Å². The number of nitrogens with one attached hydrogen (secondary N) is 1. The van der Waals surface area contributed by atoms with Crippen LogP contribution in [0.3, 0.4) is 0 Å². The summed E-state index contributed by atoms with van der Waals surface area (Å²) in [4.78, 5) is 2.50. The van der Waals surface area contributed by atoms with Crippen molar-refractivity contribution in [3.05, 3.63) is 5.01 Å². The molecular weight excluding hydrogens is 264 g/mol. The molecule has 1 fully saturated rings. The quantitative estimate of drug-likeness (QED) is 0.921. The van der Waals surface area contributed by atoms with Crippen LogP contribution < -0.4 is 5.32 Å². The molecule has 1 aromatic heterocycles. The van der Waals surface area contributed by atoms with Gasteiger partial charge < -0.3 is 5.32 Å². The standard InChI is InChI=1S/C12H22N4S2/c1-4-13-11-15-14-10(18-11)9-16-6-5-12(2,3)17-8-7-16/h4-9H2,1-3H3,(H,13,15). The van der Waals surface area contributed by atoms with Gasteiger partial charge in [0.05, 0.1) is 6.54 Å². The minimum atomic E-state index is 0.421. The second-order valence-electron chi connectivity index (χ2n) is 5.17. The third kappa shape index (κ3) is 4.10. The van der Waals surface area contributed by atoms with Crippen LogP contribution >= 0.6 is 23.1 Å². The van der Waals surface area contributed by atoms with E-state index >= 15 is 0 Å². The topological polar surface area (TPSA) is 41.1 Å². The average molecular weight is 286 g/mol. The van der Waals surface area contributed by atoms with E-state index in [0.29, 0.717) is 4.75 Å². The van der Waals surface area contributed by atoms with Crippen LogP contribution in [-0.4, -0.2) is 45.2 Å². The number of rotatable bonds is 4. The van der Waals surface area contributed by atoms with Crippen LogP contribution in [0.5, 0.6) is 0 Å². The zero-order chi connectivity index (χ0) is 13.0. The van der Waals surface area contributed by atoms with Crippen molar-refractivity contribution in [3.63, 3.8) is 0 Å². The first-order valence-electron chi connectivity index (χ1n) is 6.51. The van der Waals surface area contributed by atoms with Crippen LogP contribution in [0.15, 0.2) is 0 Å². The van der Waals surface area contributed by atoms with E-state index in [2.05, 4.69) is 52.9 Å². The Hall–Kier alpha value is -0.330. The van der Waals surface area contributed by atoms with Crippen molar-refractivity contribution < 1.29 is 0 Å². The molecule has 0 aromatic carbocycles. The van der Waals surface area contributed by atoms with E-state index in [9.17, 15) is 0 Å². The highest BCUT2D eigenvalue weighted by Gasteiger charge is 2.24. The van der Waals surface area contributed by atoms with Crippen molar-refractivity contribution >= 4 is 28.2 Å². The number of anilines is 1. The maximum absolute atomic E-state index is 4.25. The molecule has 2 heterocycles. The number of aromatic nitrogens is 2. The van der Waals surface area contributed by atoms with E-state index < -0.39 is 0 Å². The molecule has 0 saturated carbocycles. The van der Waals surface area contributed by atoms with Gasteiger partial charge in [-0.3, -0.25) is 4.90 Å². The van der Waals surface area contributed by atoms with Gasteiger partial charge in [0.1, 0.15) is 5.01 Å². The Kier molecular flexibility index (Phi) is 4.86. The molecule has 1 saturated heterocycles. The molecule has 1 aliphatic heterocycles. The third-order valence-electron chi connectivity index (χ3n) is 3.08. The number of nitrogens with zero attached hydrogens (tertiary/aromatic N) is 3. The second kappa shape index (κ2) is 6.21. The van der Waals surface area contributed by atoms with Crippen LogP contribution in [0.2, 0.25) is 0 Å². The zero-order valence-electron chi connectivity index (χ0n) is 11.4. The molecule has 1 aliphatic rings. The van der Waals surface area contributed by atoms with Crippen molar-refractivity contribution in [2.75, 3.05) is 30.7 Å². The second-order valence-corrected chi connectivity index (χ2v) is 8.03. The summed E-state index contributed by atoms with van der Waals surface area (Å²) in [7, 11) is 0. The minimum Gasteiger partial charge on any atom is -0.360 e. The lowest BCUT2D eigenvalue weighted by Crippen LogP contribution is -2.26. The van der Waals surface area contributed by atoms with E-state index in [1.165, 1.54) is 12.2 Å². The number of hydrogen-bond donors (Lipinski definition) is 1. The Bertz CT molecular complexity index is 378. The Morgan fingerprint density at radius 1 is 1.33 bits per heavy atom. The highest BCUT2D eigenvalue weighted by Crippen LogP contribution is 2.31. The summed E-state index contributed by atoms with van der Waals surface area (Å²) >= 11 is 3.76. The fourth-order valence-electron chi connectivity index (χ4n) is 1.95. The summed E-state index contributed by atoms with van der Waals surface area (Å²) in [6, 6.07) is 0. The predicted molar refractivity (Wildman–Crippen MR) is 80.5 cm³/mol. The molecule has 2 rings (SSSR count). The van der Waals surface area contributed by atoms with Crippen LogP contribution in [0.1, 0.15) is 32.2 Å². The van der Waals surface area contributed by atoms with Crippen molar-refractivity contribution in [1.29, 1.82) is 0 Å². The molecule has 0 spiro atoms. The normalized spacial score (nSPS) is 20.6. The fraction of sp³-hybridized carbons (Fsp3) is 0.833. The van der Waals surface area contributed by atoms with Crippen LogP contribution in [0, 0.1) is 0 Å². The van der Waals surface area contributed by atoms with Crippen molar-refractivity contribution in [3.8, 4) is 0 Å². The molecule has 102 valence electrons. The van der Waals surface area contributed by atoms with E-state index in [1.807, 2.05) is 0 Å². The van der Waals surface area contributed by atoms with E-state index in [0.717, 1.165) is 36.3 Å². The Balaban J connectivity index is 1.88. The molecule has 6 heteroatoms. The largest absolute Gasteiger partial charge is 0.360 e. The van der Waals surface area contributed by atoms with Gasteiger partial charge in [0, 0.05) is 23.6 Å². The van der Waals surface area contributed by atoms with E-state index in [-0.39, 0.29) is 0 Å². The minimum absolute atomic E-state index is 0.421. The predicted octanol–water partition coefficient (Wildman–Crippen LogP) is 2.69. The fourth-order valence-corrected chi connectivity index (χ4v) is 3.94. The van der Waals surface area contributed by atoms with E-state index in [4.69, 9.17) is 0 Å². The van der Waals surface area contributed by atoms with Crippen LogP contribution in [0.25, 0.3) is 0 Å². The zero-order valence-corrected chi connectivity index (χ0v) is 13.0. The maximum atomic E-state index is 4.25. The first-order chi connectivity index (χ1) is 8.59. The molecule has 0 radical (unpaired) electrons. The summed E-state index contributed by atoms with van der Waals surface area (Å²) in [5, 5.41) is 13.7. The maximum Gasteiger partial charge on any atom is 0.205 e. The monoisotopic (exact) mass is 286 g/mol. The molecule has 0 amide bonds. The molecule has 4 nitrogen and oxygen atoms in total. The van der Waals surface area contributed by atoms with Crippen molar-refractivity contribution in [2.24, 2.45) is 0 Å². The lowest BCUT2D eigenvalue weighted by molar-refractivity contribution is 0.275. The van der Waals surface area contributed by atoms with Gasteiger partial charge in [0.15, 0.2) is 0 Å². The molecule has 18 heavy (non-hydrogen) atoms. The first kappa shape index (κ1) is 14.1. The molecule has 0 bridgehead atoms. The highest BCUT2D eigenvalue weighted by molar-refractivity contribution is 8.00. The summed E-state index contributed by atoms with van der Waals surface area (Å²) in [6.45, 7) is 10.9. The Morgan fingerprint density at radius 2 is 2.17 bits per heavy atom. The van der Waals surface area contributed by atoms with Crippen molar-refractivity contribution in [2.45, 2.75) is 38.5 Å². The van der Waals surface area contributed by atoms with E-state index in [1.54, 1.807) is 11.3 Å². The van der Waals surface area contributed by atoms with Gasteiger partial charge in [-0.2, -0.15) is 11.8 Å². The molecule has 1 N–H and O–H groups in total. The summed E-state index contributed by atoms with van der Waals surface area (Å²) in [5.41, 5.74) is 0. The molecule has 0 unspecified atom stereocenters. The highest BCUT2D eigenvalue weighted by atomic mass is 32.2. The SMILES string of the molecule is CCNc1nnc(CN2CCSC(C)(C)CC2)s1. The van der Waals surface area contributed by atoms with Gasteiger partial charge >= 0.3 is 0 Å². The summed E-state index contributed by atoms with van der Waals surface area (Å²) in [5.74, 6) is 1.21. The van der Waals surface area contributed by atoms with Gasteiger partial charge in [-0.15, -0.1) is 10.2 Å². The molecular formula is C12H22N4S2. The molecule has 0 aliphatic carbocycles. The van der Waals surface area contributed by atoms with Crippen LogP contribution in [-0.2, 0) is 6.54 Å². The number of thioether (sulfide) groups is 1. The Labute approximate surface area is 118 Å². The molecule has 0 atom stereocenters. The summed E-state index contributed by atoms with van der Waals surface area (Å²) in [6.07, 6.45) is 1.25. The lowest BCUT2D eigenvalue weighted by Gasteiger charge is -2.21. The molecule has 1 aromatic rings. The van der Waals surface area contributed by atoms with Crippen molar-refractivity contribution in [1.82, 2.24) is 15.1 Å². The van der Waals surface area contributed by atoms with Crippen LogP contribution in [0.4, 0.5) is 5.13 Å². The smallest absolute Gasteiger partial charge is 0.205 e. The first-order valence-corrected chi connectivity index (χ1v) is 8.32.